The topological polar surface area (TPSA) is 92.1 Å². The van der Waals surface area contributed by atoms with Gasteiger partial charge in [-0.15, -0.1) is 0 Å². The van der Waals surface area contributed by atoms with Gasteiger partial charge in [0, 0.05) is 18.8 Å². The normalized spacial score (nSPS) is 16.2. The molecule has 0 saturated heterocycles. The van der Waals surface area contributed by atoms with E-state index < -0.39 is 10.0 Å². The molecule has 3 rings (SSSR count). The Kier molecular flexibility index (Phi) is 3.02. The van der Waals surface area contributed by atoms with Crippen molar-refractivity contribution in [3.05, 3.63) is 41.7 Å². The first-order valence-corrected chi connectivity index (χ1v) is 7.84. The van der Waals surface area contributed by atoms with Crippen LogP contribution in [0.4, 0.5) is 5.69 Å². The fraction of sp³-hybridized carbons (Fsp3) is 0.308. The van der Waals surface area contributed by atoms with E-state index in [1.54, 1.807) is 0 Å². The highest BCUT2D eigenvalue weighted by Gasteiger charge is 2.31. The summed E-state index contributed by atoms with van der Waals surface area (Å²) in [4.78, 5) is 0.182. The molecule has 20 heavy (non-hydrogen) atoms. The van der Waals surface area contributed by atoms with Gasteiger partial charge in [-0.3, -0.25) is 9.40 Å². The molecule has 0 saturated carbocycles. The minimum atomic E-state index is -3.53. The number of nitrogens with two attached hydrogens (primary N) is 1. The predicted molar refractivity (Wildman–Crippen MR) is 75.9 cm³/mol. The summed E-state index contributed by atoms with van der Waals surface area (Å²) < 4.78 is 26.5. The average Bonchev–Trinajstić information content (AvgIpc) is 3.07. The third kappa shape index (κ3) is 1.99. The van der Waals surface area contributed by atoms with E-state index in [0.717, 1.165) is 16.8 Å². The number of hydrogen-bond donors (Lipinski definition) is 2. The lowest BCUT2D eigenvalue weighted by Crippen LogP contribution is -2.28. The van der Waals surface area contributed by atoms with Gasteiger partial charge >= 0.3 is 0 Å². The molecule has 7 heteroatoms. The molecule has 0 fully saturated rings. The summed E-state index contributed by atoms with van der Waals surface area (Å²) in [6, 6.07) is 5.65. The highest BCUT2D eigenvalue weighted by Crippen LogP contribution is 2.34. The fourth-order valence-corrected chi connectivity index (χ4v) is 3.84. The van der Waals surface area contributed by atoms with Crippen molar-refractivity contribution >= 4 is 15.7 Å². The number of H-pyrrole nitrogens is 1. The lowest BCUT2D eigenvalue weighted by atomic mass is 10.0. The number of nitrogens with one attached hydrogen (secondary N) is 1. The van der Waals surface area contributed by atoms with Crippen LogP contribution in [0.25, 0.3) is 0 Å². The van der Waals surface area contributed by atoms with Crippen LogP contribution >= 0.6 is 0 Å². The van der Waals surface area contributed by atoms with Crippen molar-refractivity contribution in [2.24, 2.45) is 5.73 Å². The van der Waals surface area contributed by atoms with Crippen LogP contribution in [-0.2, 0) is 16.4 Å². The van der Waals surface area contributed by atoms with Crippen LogP contribution in [0, 0.1) is 0 Å². The SMILES string of the molecule is CC(N)c1ccc2c(c1)CCN2S(=O)(=O)c1cn[nH]c1. The summed E-state index contributed by atoms with van der Waals surface area (Å²) in [7, 11) is -3.53. The van der Waals surface area contributed by atoms with Gasteiger partial charge in [-0.2, -0.15) is 5.10 Å². The standard InChI is InChI=1S/C13H16N4O2S/c1-9(14)10-2-3-13-11(6-10)4-5-17(13)20(18,19)12-7-15-16-8-12/h2-3,6-9H,4-5,14H2,1H3,(H,15,16). The molecule has 2 heterocycles. The molecule has 6 nitrogen and oxygen atoms in total. The molecule has 1 atom stereocenters. The zero-order chi connectivity index (χ0) is 14.3. The van der Waals surface area contributed by atoms with Crippen LogP contribution in [0.15, 0.2) is 35.5 Å². The number of benzene rings is 1. The van der Waals surface area contributed by atoms with Crippen molar-refractivity contribution in [1.82, 2.24) is 10.2 Å². The highest BCUT2D eigenvalue weighted by atomic mass is 32.2. The molecule has 1 aromatic heterocycles. The summed E-state index contributed by atoms with van der Waals surface area (Å²) in [5, 5.41) is 6.24. The summed E-state index contributed by atoms with van der Waals surface area (Å²) in [6.07, 6.45) is 3.42. The van der Waals surface area contributed by atoms with Crippen LogP contribution < -0.4 is 10.0 Å². The molecule has 1 aliphatic rings. The van der Waals surface area contributed by atoms with E-state index in [1.807, 2.05) is 25.1 Å². The smallest absolute Gasteiger partial charge is 0.267 e. The molecular formula is C13H16N4O2S. The van der Waals surface area contributed by atoms with Crippen molar-refractivity contribution in [2.75, 3.05) is 10.8 Å². The molecule has 1 aromatic carbocycles. The van der Waals surface area contributed by atoms with Crippen LogP contribution in [0.1, 0.15) is 24.1 Å². The molecule has 0 radical (unpaired) electrons. The Morgan fingerprint density at radius 3 is 2.90 bits per heavy atom. The first-order valence-electron chi connectivity index (χ1n) is 6.40. The quantitative estimate of drug-likeness (QED) is 0.888. The number of sulfonamides is 1. The number of aromatic nitrogens is 2. The van der Waals surface area contributed by atoms with E-state index in [2.05, 4.69) is 10.2 Å². The largest absolute Gasteiger partial charge is 0.324 e. The van der Waals surface area contributed by atoms with Crippen LogP contribution in [0.3, 0.4) is 0 Å². The van der Waals surface area contributed by atoms with Gasteiger partial charge in [-0.1, -0.05) is 12.1 Å². The number of anilines is 1. The molecule has 3 N–H and O–H groups in total. The minimum Gasteiger partial charge on any atom is -0.324 e. The van der Waals surface area contributed by atoms with Crippen LogP contribution in [0.5, 0.6) is 0 Å². The Morgan fingerprint density at radius 2 is 2.25 bits per heavy atom. The third-order valence-corrected chi connectivity index (χ3v) is 5.32. The number of fused-ring (bicyclic) bond motifs is 1. The summed E-state index contributed by atoms with van der Waals surface area (Å²) in [5.41, 5.74) is 8.63. The van der Waals surface area contributed by atoms with Crippen molar-refractivity contribution in [1.29, 1.82) is 0 Å². The Bertz CT molecular complexity index is 723. The molecule has 0 amide bonds. The summed E-state index contributed by atoms with van der Waals surface area (Å²) in [6.45, 7) is 2.36. The molecule has 1 unspecified atom stereocenters. The zero-order valence-corrected chi connectivity index (χ0v) is 11.9. The monoisotopic (exact) mass is 292 g/mol. The van der Waals surface area contributed by atoms with E-state index in [-0.39, 0.29) is 10.9 Å². The molecule has 106 valence electrons. The number of nitrogens with zero attached hydrogens (tertiary/aromatic N) is 2. The molecule has 0 spiro atoms. The highest BCUT2D eigenvalue weighted by molar-refractivity contribution is 7.92. The van der Waals surface area contributed by atoms with Gasteiger partial charge in [-0.25, -0.2) is 8.42 Å². The van der Waals surface area contributed by atoms with Crippen molar-refractivity contribution in [3.63, 3.8) is 0 Å². The lowest BCUT2D eigenvalue weighted by molar-refractivity contribution is 0.592. The van der Waals surface area contributed by atoms with Gasteiger partial charge in [0.05, 0.1) is 11.9 Å². The second-order valence-electron chi connectivity index (χ2n) is 4.94. The Morgan fingerprint density at radius 1 is 1.45 bits per heavy atom. The summed E-state index contributed by atoms with van der Waals surface area (Å²) >= 11 is 0. The second-order valence-corrected chi connectivity index (χ2v) is 6.80. The molecule has 2 aromatic rings. The van der Waals surface area contributed by atoms with E-state index in [9.17, 15) is 8.42 Å². The number of rotatable bonds is 3. The van der Waals surface area contributed by atoms with Crippen molar-refractivity contribution < 1.29 is 8.42 Å². The summed E-state index contributed by atoms with van der Waals surface area (Å²) in [5.74, 6) is 0. The molecule has 1 aliphatic heterocycles. The third-order valence-electron chi connectivity index (χ3n) is 3.54. The van der Waals surface area contributed by atoms with Crippen LogP contribution in [-0.4, -0.2) is 25.2 Å². The van der Waals surface area contributed by atoms with E-state index in [4.69, 9.17) is 5.73 Å². The van der Waals surface area contributed by atoms with Gasteiger partial charge in [0.1, 0.15) is 4.90 Å². The first kappa shape index (κ1) is 13.1. The molecule has 0 bridgehead atoms. The van der Waals surface area contributed by atoms with E-state index in [0.29, 0.717) is 13.0 Å². The first-order chi connectivity index (χ1) is 9.50. The average molecular weight is 292 g/mol. The number of hydrogen-bond acceptors (Lipinski definition) is 4. The van der Waals surface area contributed by atoms with Gasteiger partial charge in [0.15, 0.2) is 0 Å². The molecular weight excluding hydrogens is 276 g/mol. The number of aromatic amines is 1. The van der Waals surface area contributed by atoms with Gasteiger partial charge in [0.2, 0.25) is 0 Å². The van der Waals surface area contributed by atoms with E-state index >= 15 is 0 Å². The van der Waals surface area contributed by atoms with Crippen molar-refractivity contribution in [3.8, 4) is 0 Å². The minimum absolute atomic E-state index is 0.0557. The lowest BCUT2D eigenvalue weighted by Gasteiger charge is -2.18. The van der Waals surface area contributed by atoms with Crippen LogP contribution in [0.2, 0.25) is 0 Å². The maximum atomic E-state index is 12.5. The van der Waals surface area contributed by atoms with E-state index in [1.165, 1.54) is 16.7 Å². The second kappa shape index (κ2) is 4.60. The zero-order valence-electron chi connectivity index (χ0n) is 11.1. The van der Waals surface area contributed by atoms with Gasteiger partial charge in [0.25, 0.3) is 10.0 Å². The Labute approximate surface area is 117 Å². The predicted octanol–water partition coefficient (Wildman–Crippen LogP) is 1.18. The maximum Gasteiger partial charge on any atom is 0.267 e. The fourth-order valence-electron chi connectivity index (χ4n) is 2.43. The van der Waals surface area contributed by atoms with Gasteiger partial charge in [-0.05, 0) is 30.5 Å². The Hall–Kier alpha value is -1.86. The van der Waals surface area contributed by atoms with Crippen molar-refractivity contribution in [2.45, 2.75) is 24.3 Å². The Balaban J connectivity index is 2.02. The maximum absolute atomic E-state index is 12.5. The molecule has 0 aliphatic carbocycles. The van der Waals surface area contributed by atoms with Gasteiger partial charge < -0.3 is 5.73 Å².